The molecule has 158 valence electrons. The number of hydrogen-bond donors (Lipinski definition) is 0. The Labute approximate surface area is 179 Å². The lowest BCUT2D eigenvalue weighted by atomic mass is 10.2. The van der Waals surface area contributed by atoms with Gasteiger partial charge in [-0.2, -0.15) is 4.99 Å². The molecule has 0 radical (unpaired) electrons. The first-order chi connectivity index (χ1) is 14.9. The zero-order chi connectivity index (χ0) is 22.1. The maximum Gasteiger partial charge on any atom is 0.325 e. The minimum atomic E-state index is -0.615. The van der Waals surface area contributed by atoms with Gasteiger partial charge in [-0.15, -0.1) is 0 Å². The second-order valence-corrected chi connectivity index (χ2v) is 7.73. The lowest BCUT2D eigenvalue weighted by Crippen LogP contribution is -2.28. The highest BCUT2D eigenvalue weighted by atomic mass is 32.1. The van der Waals surface area contributed by atoms with E-state index < -0.39 is 17.7 Å². The van der Waals surface area contributed by atoms with Gasteiger partial charge in [-0.3, -0.25) is 24.1 Å². The summed E-state index contributed by atoms with van der Waals surface area (Å²) in [6.07, 6.45) is 0.328. The number of benzene rings is 2. The molecule has 0 aliphatic carbocycles. The van der Waals surface area contributed by atoms with Gasteiger partial charge in [0.25, 0.3) is 5.91 Å². The third kappa shape index (κ3) is 3.89. The molecule has 3 amide bonds. The number of carbonyl (C=O) groups is 4. The summed E-state index contributed by atoms with van der Waals surface area (Å²) in [7, 11) is 1.22. The van der Waals surface area contributed by atoms with Crippen LogP contribution in [0.25, 0.3) is 10.2 Å². The number of nitrogens with zero attached hydrogens (tertiary/aromatic N) is 3. The summed E-state index contributed by atoms with van der Waals surface area (Å²) in [4.78, 5) is 53.5. The quantitative estimate of drug-likeness (QED) is 0.458. The molecule has 1 fully saturated rings. The maximum absolute atomic E-state index is 14.4. The van der Waals surface area contributed by atoms with Crippen LogP contribution in [0.3, 0.4) is 0 Å². The van der Waals surface area contributed by atoms with E-state index in [1.807, 2.05) is 0 Å². The predicted octanol–water partition coefficient (Wildman–Crippen LogP) is 2.41. The second-order valence-electron chi connectivity index (χ2n) is 6.72. The first kappa shape index (κ1) is 20.6. The minimum absolute atomic E-state index is 0.143. The smallest absolute Gasteiger partial charge is 0.325 e. The molecule has 2 aromatic carbocycles. The summed E-state index contributed by atoms with van der Waals surface area (Å²) in [5.74, 6) is -2.34. The van der Waals surface area contributed by atoms with Gasteiger partial charge >= 0.3 is 5.97 Å². The van der Waals surface area contributed by atoms with Crippen LogP contribution in [0.2, 0.25) is 0 Å². The molecular weight excluding hydrogens is 425 g/mol. The van der Waals surface area contributed by atoms with Crippen molar-refractivity contribution in [2.75, 3.05) is 12.0 Å². The fourth-order valence-corrected chi connectivity index (χ4v) is 4.32. The average molecular weight is 441 g/mol. The Balaban J connectivity index is 1.71. The van der Waals surface area contributed by atoms with Crippen LogP contribution in [0.1, 0.15) is 23.2 Å². The van der Waals surface area contributed by atoms with Gasteiger partial charge in [0.1, 0.15) is 12.4 Å². The van der Waals surface area contributed by atoms with E-state index in [2.05, 4.69) is 9.73 Å². The molecule has 1 saturated heterocycles. The number of thiazole rings is 1. The molecule has 1 aliphatic heterocycles. The number of fused-ring (bicyclic) bond motifs is 1. The van der Waals surface area contributed by atoms with Crippen LogP contribution in [0.15, 0.2) is 47.5 Å². The minimum Gasteiger partial charge on any atom is -0.468 e. The third-order valence-electron chi connectivity index (χ3n) is 4.79. The summed E-state index contributed by atoms with van der Waals surface area (Å²) < 4.78 is 20.9. The van der Waals surface area contributed by atoms with E-state index in [0.717, 1.165) is 16.2 Å². The molecule has 0 unspecified atom stereocenters. The first-order valence-corrected chi connectivity index (χ1v) is 10.1. The molecule has 3 aromatic rings. The van der Waals surface area contributed by atoms with Crippen molar-refractivity contribution in [3.8, 4) is 0 Å². The van der Waals surface area contributed by atoms with Crippen LogP contribution in [0, 0.1) is 5.82 Å². The highest BCUT2D eigenvalue weighted by Crippen LogP contribution is 2.23. The molecule has 0 bridgehead atoms. The number of methoxy groups -OCH3 is 1. The van der Waals surface area contributed by atoms with Crippen LogP contribution in [0.5, 0.6) is 0 Å². The first-order valence-electron chi connectivity index (χ1n) is 9.28. The topological polar surface area (TPSA) is 98.0 Å². The third-order valence-corrected chi connectivity index (χ3v) is 5.83. The molecule has 31 heavy (non-hydrogen) atoms. The van der Waals surface area contributed by atoms with Crippen molar-refractivity contribution in [2.45, 2.75) is 19.4 Å². The van der Waals surface area contributed by atoms with E-state index in [9.17, 15) is 23.6 Å². The number of rotatable bonds is 4. The Hall–Kier alpha value is -3.66. The number of carbonyl (C=O) groups excluding carboxylic acids is 4. The zero-order valence-electron chi connectivity index (χ0n) is 16.3. The average Bonchev–Trinajstić information content (AvgIpc) is 3.28. The normalized spacial score (nSPS) is 14.5. The number of hydrogen-bond acceptors (Lipinski definition) is 6. The van der Waals surface area contributed by atoms with E-state index in [1.54, 1.807) is 6.07 Å². The molecule has 0 spiro atoms. The number of imide groups is 1. The Morgan fingerprint density at radius 1 is 1.10 bits per heavy atom. The number of anilines is 1. The van der Waals surface area contributed by atoms with Crippen molar-refractivity contribution in [2.24, 2.45) is 4.99 Å². The standard InChI is InChI=1S/C21H16FN3O5S/c1-30-18(28)11-24-19-14(22)3-2-4-15(19)31-21(24)23-20(29)12-5-7-13(8-6-12)25-16(26)9-10-17(25)27/h2-8H,9-11H2,1H3. The van der Waals surface area contributed by atoms with Gasteiger partial charge in [0.05, 0.1) is 23.0 Å². The van der Waals surface area contributed by atoms with Gasteiger partial charge in [0, 0.05) is 18.4 Å². The van der Waals surface area contributed by atoms with Crippen molar-refractivity contribution in [3.63, 3.8) is 0 Å². The van der Waals surface area contributed by atoms with Crippen molar-refractivity contribution in [1.82, 2.24) is 4.57 Å². The van der Waals surface area contributed by atoms with Gasteiger partial charge in [0.15, 0.2) is 4.80 Å². The fraction of sp³-hybridized carbons (Fsp3) is 0.190. The monoisotopic (exact) mass is 441 g/mol. The van der Waals surface area contributed by atoms with Crippen molar-refractivity contribution in [1.29, 1.82) is 0 Å². The van der Waals surface area contributed by atoms with Crippen molar-refractivity contribution in [3.05, 3.63) is 58.6 Å². The SMILES string of the molecule is COC(=O)Cn1c(=NC(=O)c2ccc(N3C(=O)CCC3=O)cc2)sc2cccc(F)c21. The van der Waals surface area contributed by atoms with Crippen LogP contribution in [-0.4, -0.2) is 35.4 Å². The maximum atomic E-state index is 14.4. The molecule has 1 aromatic heterocycles. The number of halogens is 1. The molecule has 0 atom stereocenters. The molecule has 10 heteroatoms. The van der Waals surface area contributed by atoms with Crippen LogP contribution in [-0.2, 0) is 25.7 Å². The van der Waals surface area contributed by atoms with Gasteiger partial charge in [-0.05, 0) is 36.4 Å². The van der Waals surface area contributed by atoms with Crippen molar-refractivity contribution >= 4 is 50.9 Å². The van der Waals surface area contributed by atoms with Gasteiger partial charge in [0.2, 0.25) is 11.8 Å². The Morgan fingerprint density at radius 2 is 1.77 bits per heavy atom. The highest BCUT2D eigenvalue weighted by Gasteiger charge is 2.30. The van der Waals surface area contributed by atoms with E-state index >= 15 is 0 Å². The Morgan fingerprint density at radius 3 is 2.42 bits per heavy atom. The van der Waals surface area contributed by atoms with Gasteiger partial charge < -0.3 is 9.30 Å². The summed E-state index contributed by atoms with van der Waals surface area (Å²) in [6.45, 7) is -0.304. The number of aromatic nitrogens is 1. The summed E-state index contributed by atoms with van der Waals surface area (Å²) in [5.41, 5.74) is 0.755. The summed E-state index contributed by atoms with van der Waals surface area (Å²) in [5, 5.41) is 0. The Kier molecular flexibility index (Phi) is 5.47. The highest BCUT2D eigenvalue weighted by molar-refractivity contribution is 7.16. The second kappa shape index (κ2) is 8.23. The van der Waals surface area contributed by atoms with Gasteiger partial charge in [-0.25, -0.2) is 4.39 Å². The number of amides is 3. The van der Waals surface area contributed by atoms with E-state index in [1.165, 1.54) is 48.1 Å². The molecule has 1 aliphatic rings. The number of ether oxygens (including phenoxy) is 1. The molecule has 4 rings (SSSR count). The largest absolute Gasteiger partial charge is 0.468 e. The summed E-state index contributed by atoms with van der Waals surface area (Å²) >= 11 is 1.07. The van der Waals surface area contributed by atoms with Crippen LogP contribution in [0.4, 0.5) is 10.1 Å². The molecule has 0 N–H and O–H groups in total. The van der Waals surface area contributed by atoms with E-state index in [-0.39, 0.29) is 47.1 Å². The van der Waals surface area contributed by atoms with Gasteiger partial charge in [-0.1, -0.05) is 17.4 Å². The molecule has 2 heterocycles. The van der Waals surface area contributed by atoms with E-state index in [0.29, 0.717) is 10.4 Å². The molecule has 0 saturated carbocycles. The predicted molar refractivity (Wildman–Crippen MR) is 110 cm³/mol. The van der Waals surface area contributed by atoms with E-state index in [4.69, 9.17) is 0 Å². The lowest BCUT2D eigenvalue weighted by Gasteiger charge is -2.13. The fourth-order valence-electron chi connectivity index (χ4n) is 3.28. The Bertz CT molecular complexity index is 1280. The van der Waals surface area contributed by atoms with Crippen LogP contribution >= 0.6 is 11.3 Å². The zero-order valence-corrected chi connectivity index (χ0v) is 17.1. The molecular formula is C21H16FN3O5S. The summed E-state index contributed by atoms with van der Waals surface area (Å²) in [6, 6.07) is 10.4. The van der Waals surface area contributed by atoms with Crippen LogP contribution < -0.4 is 9.70 Å². The lowest BCUT2D eigenvalue weighted by molar-refractivity contribution is -0.141. The number of para-hydroxylation sites is 1. The van der Waals surface area contributed by atoms with Crippen molar-refractivity contribution < 1.29 is 28.3 Å². The number of esters is 1. The molecule has 8 nitrogen and oxygen atoms in total.